The summed E-state index contributed by atoms with van der Waals surface area (Å²) in [6, 6.07) is 11.2. The molecule has 0 bridgehead atoms. The number of ether oxygens (including phenoxy) is 1. The maximum Gasteiger partial charge on any atom is 0.338 e. The molecule has 0 aromatic heterocycles. The highest BCUT2D eigenvalue weighted by Gasteiger charge is 2.23. The number of carbonyl (C=O) groups is 2. The number of Topliss-reactive ketones (excluding diaryl/α,β-unsaturated/α-hetero) is 1. The average Bonchev–Trinajstić information content (AvgIpc) is 2.68. The van der Waals surface area contributed by atoms with Gasteiger partial charge < -0.3 is 4.74 Å². The Balaban J connectivity index is 2.15. The van der Waals surface area contributed by atoms with Gasteiger partial charge in [-0.1, -0.05) is 37.6 Å². The summed E-state index contributed by atoms with van der Waals surface area (Å²) < 4.78 is 31.6. The molecule has 0 unspecified atom stereocenters. The molecule has 0 aliphatic heterocycles. The van der Waals surface area contributed by atoms with E-state index in [0.29, 0.717) is 18.7 Å². The summed E-state index contributed by atoms with van der Waals surface area (Å²) in [5.41, 5.74) is 2.33. The molecule has 28 heavy (non-hydrogen) atoms. The second-order valence-corrected chi connectivity index (χ2v) is 8.37. The molecule has 150 valence electrons. The van der Waals surface area contributed by atoms with E-state index >= 15 is 0 Å². The minimum Gasteiger partial charge on any atom is -0.454 e. The van der Waals surface area contributed by atoms with Crippen LogP contribution in [0.25, 0.3) is 0 Å². The molecule has 0 aliphatic carbocycles. The standard InChI is InChI=1S/C21H25NO5S/c1-5-22(6-2)28(25,26)18-9-7-8-17(13-18)21(24)27-14-20(23)19-12-15(3)10-11-16(19)4/h7-13H,5-6,14H2,1-4H3. The van der Waals surface area contributed by atoms with Crippen LogP contribution in [-0.4, -0.2) is 44.2 Å². The van der Waals surface area contributed by atoms with E-state index in [-0.39, 0.29) is 16.2 Å². The molecule has 0 amide bonds. The van der Waals surface area contributed by atoms with Crippen molar-refractivity contribution in [2.24, 2.45) is 0 Å². The van der Waals surface area contributed by atoms with Crippen molar-refractivity contribution in [3.8, 4) is 0 Å². The van der Waals surface area contributed by atoms with Gasteiger partial charge in [-0.2, -0.15) is 4.31 Å². The number of hydrogen-bond donors (Lipinski definition) is 0. The fourth-order valence-corrected chi connectivity index (χ4v) is 4.33. The number of rotatable bonds is 8. The van der Waals surface area contributed by atoms with Crippen LogP contribution in [0.3, 0.4) is 0 Å². The van der Waals surface area contributed by atoms with Crippen molar-refractivity contribution in [3.63, 3.8) is 0 Å². The number of benzene rings is 2. The Morgan fingerprint density at radius 2 is 1.68 bits per heavy atom. The van der Waals surface area contributed by atoms with Crippen LogP contribution in [-0.2, 0) is 14.8 Å². The number of nitrogens with zero attached hydrogens (tertiary/aromatic N) is 1. The van der Waals surface area contributed by atoms with E-state index in [0.717, 1.165) is 11.1 Å². The first-order valence-corrected chi connectivity index (χ1v) is 10.5. The Kier molecular flexibility index (Phi) is 7.10. The summed E-state index contributed by atoms with van der Waals surface area (Å²) in [6.45, 7) is 7.45. The van der Waals surface area contributed by atoms with Gasteiger partial charge in [-0.25, -0.2) is 13.2 Å². The van der Waals surface area contributed by atoms with Crippen molar-refractivity contribution in [3.05, 3.63) is 64.7 Å². The van der Waals surface area contributed by atoms with Crippen molar-refractivity contribution in [1.82, 2.24) is 4.31 Å². The van der Waals surface area contributed by atoms with Crippen LogP contribution in [0.15, 0.2) is 47.4 Å². The van der Waals surface area contributed by atoms with Crippen LogP contribution in [0.5, 0.6) is 0 Å². The number of hydrogen-bond acceptors (Lipinski definition) is 5. The van der Waals surface area contributed by atoms with Crippen LogP contribution in [0, 0.1) is 13.8 Å². The number of carbonyl (C=O) groups excluding carboxylic acids is 2. The van der Waals surface area contributed by atoms with Gasteiger partial charge in [-0.3, -0.25) is 4.79 Å². The van der Waals surface area contributed by atoms with Crippen molar-refractivity contribution in [1.29, 1.82) is 0 Å². The molecular formula is C21H25NO5S. The molecule has 6 nitrogen and oxygen atoms in total. The van der Waals surface area contributed by atoms with E-state index in [1.807, 2.05) is 26.0 Å². The first-order chi connectivity index (χ1) is 13.2. The minimum absolute atomic E-state index is 0.0199. The lowest BCUT2D eigenvalue weighted by Crippen LogP contribution is -2.30. The van der Waals surface area contributed by atoms with Gasteiger partial charge in [0.05, 0.1) is 10.5 Å². The first kappa shape index (κ1) is 21.8. The molecule has 0 saturated heterocycles. The van der Waals surface area contributed by atoms with E-state index < -0.39 is 22.6 Å². The topological polar surface area (TPSA) is 80.8 Å². The average molecular weight is 404 g/mol. The first-order valence-electron chi connectivity index (χ1n) is 9.08. The van der Waals surface area contributed by atoms with Gasteiger partial charge in [0.25, 0.3) is 0 Å². The van der Waals surface area contributed by atoms with Crippen LogP contribution < -0.4 is 0 Å². The molecule has 0 aliphatic rings. The minimum atomic E-state index is -3.68. The second-order valence-electron chi connectivity index (χ2n) is 6.43. The summed E-state index contributed by atoms with van der Waals surface area (Å²) in [4.78, 5) is 24.7. The van der Waals surface area contributed by atoms with E-state index in [1.165, 1.54) is 28.6 Å². The van der Waals surface area contributed by atoms with E-state index in [9.17, 15) is 18.0 Å². The SMILES string of the molecule is CCN(CC)S(=O)(=O)c1cccc(C(=O)OCC(=O)c2cc(C)ccc2C)c1. The van der Waals surface area contributed by atoms with E-state index in [1.54, 1.807) is 19.9 Å². The Hall–Kier alpha value is -2.51. The lowest BCUT2D eigenvalue weighted by molar-refractivity contribution is 0.0474. The molecule has 0 spiro atoms. The molecule has 7 heteroatoms. The van der Waals surface area contributed by atoms with Gasteiger partial charge in [-0.05, 0) is 43.7 Å². The lowest BCUT2D eigenvalue weighted by Gasteiger charge is -2.18. The molecule has 0 atom stereocenters. The molecule has 2 aromatic carbocycles. The molecule has 2 aromatic rings. The monoisotopic (exact) mass is 403 g/mol. The fraction of sp³-hybridized carbons (Fsp3) is 0.333. The smallest absolute Gasteiger partial charge is 0.338 e. The maximum absolute atomic E-state index is 12.6. The van der Waals surface area contributed by atoms with Gasteiger partial charge >= 0.3 is 5.97 Å². The van der Waals surface area contributed by atoms with Crippen molar-refractivity contribution >= 4 is 21.8 Å². The number of aryl methyl sites for hydroxylation is 2. The summed E-state index contributed by atoms with van der Waals surface area (Å²) >= 11 is 0. The molecule has 0 radical (unpaired) electrons. The molecule has 2 rings (SSSR count). The molecule has 0 N–H and O–H groups in total. The van der Waals surface area contributed by atoms with Gasteiger partial charge in [0.15, 0.2) is 6.61 Å². The highest BCUT2D eigenvalue weighted by molar-refractivity contribution is 7.89. The van der Waals surface area contributed by atoms with Gasteiger partial charge in [0.1, 0.15) is 0 Å². The second kappa shape index (κ2) is 9.12. The Morgan fingerprint density at radius 3 is 2.32 bits per heavy atom. The van der Waals surface area contributed by atoms with Crippen LogP contribution in [0.4, 0.5) is 0 Å². The predicted molar refractivity (Wildman–Crippen MR) is 107 cm³/mol. The predicted octanol–water partition coefficient (Wildman–Crippen LogP) is 3.37. The van der Waals surface area contributed by atoms with Gasteiger partial charge in [0, 0.05) is 18.7 Å². The zero-order chi connectivity index (χ0) is 20.9. The van der Waals surface area contributed by atoms with Crippen molar-refractivity contribution in [2.75, 3.05) is 19.7 Å². The number of esters is 1. The summed E-state index contributed by atoms with van der Waals surface area (Å²) in [7, 11) is -3.68. The molecule has 0 fully saturated rings. The number of sulfonamides is 1. The summed E-state index contributed by atoms with van der Waals surface area (Å²) in [5.74, 6) is -1.04. The zero-order valence-corrected chi connectivity index (χ0v) is 17.4. The normalized spacial score (nSPS) is 11.5. The fourth-order valence-electron chi connectivity index (χ4n) is 2.82. The Bertz CT molecular complexity index is 978. The molecule has 0 saturated carbocycles. The largest absolute Gasteiger partial charge is 0.454 e. The highest BCUT2D eigenvalue weighted by Crippen LogP contribution is 2.18. The van der Waals surface area contributed by atoms with Crippen LogP contribution >= 0.6 is 0 Å². The number of ketones is 1. The van der Waals surface area contributed by atoms with Gasteiger partial charge in [0.2, 0.25) is 15.8 Å². The third-order valence-electron chi connectivity index (χ3n) is 4.44. The highest BCUT2D eigenvalue weighted by atomic mass is 32.2. The van der Waals surface area contributed by atoms with Crippen molar-refractivity contribution in [2.45, 2.75) is 32.6 Å². The van der Waals surface area contributed by atoms with Gasteiger partial charge in [-0.15, -0.1) is 0 Å². The lowest BCUT2D eigenvalue weighted by atomic mass is 10.0. The van der Waals surface area contributed by atoms with Crippen molar-refractivity contribution < 1.29 is 22.7 Å². The van der Waals surface area contributed by atoms with E-state index in [2.05, 4.69) is 0 Å². The third-order valence-corrected chi connectivity index (χ3v) is 6.49. The molecular weight excluding hydrogens is 378 g/mol. The maximum atomic E-state index is 12.6. The zero-order valence-electron chi connectivity index (χ0n) is 16.6. The third kappa shape index (κ3) is 4.85. The molecule has 0 heterocycles. The quantitative estimate of drug-likeness (QED) is 0.499. The Morgan fingerprint density at radius 1 is 1.00 bits per heavy atom. The Labute approximate surface area is 166 Å². The summed E-state index contributed by atoms with van der Waals surface area (Å²) in [5, 5.41) is 0. The van der Waals surface area contributed by atoms with Crippen LogP contribution in [0.1, 0.15) is 45.7 Å². The summed E-state index contributed by atoms with van der Waals surface area (Å²) in [6.07, 6.45) is 0. The van der Waals surface area contributed by atoms with Crippen LogP contribution in [0.2, 0.25) is 0 Å². The van der Waals surface area contributed by atoms with E-state index in [4.69, 9.17) is 4.74 Å².